The molecule has 4 nitrogen and oxygen atoms in total. The third-order valence-electron chi connectivity index (χ3n) is 3.65. The van der Waals surface area contributed by atoms with Gasteiger partial charge in [-0.3, -0.25) is 4.79 Å². The number of nitrogens with one attached hydrogen (secondary N) is 1. The summed E-state index contributed by atoms with van der Waals surface area (Å²) in [4.78, 5) is 12.1. The molecule has 0 unspecified atom stereocenters. The van der Waals surface area contributed by atoms with E-state index in [4.69, 9.17) is 10.00 Å². The fourth-order valence-corrected chi connectivity index (χ4v) is 2.42. The van der Waals surface area contributed by atoms with E-state index >= 15 is 0 Å². The van der Waals surface area contributed by atoms with Crippen molar-refractivity contribution in [1.82, 2.24) is 5.32 Å². The lowest BCUT2D eigenvalue weighted by Gasteiger charge is -2.17. The number of ether oxygens (including phenoxy) is 1. The van der Waals surface area contributed by atoms with Gasteiger partial charge >= 0.3 is 0 Å². The maximum Gasteiger partial charge on any atom is 0.258 e. The maximum atomic E-state index is 12.1. The zero-order valence-electron chi connectivity index (χ0n) is 13.6. The standard InChI is InChI=1S/C19H20N2O2/c1-13-8-9-14(2)17(10-13)15(3)21-19(22)12-23-18-7-5-4-6-16(18)11-20/h4-10,15H,12H2,1-3H3,(H,21,22)/t15-/m0/s1. The lowest BCUT2D eigenvalue weighted by Crippen LogP contribution is -2.31. The van der Waals surface area contributed by atoms with Crippen LogP contribution < -0.4 is 10.1 Å². The van der Waals surface area contributed by atoms with Crippen molar-refractivity contribution in [2.45, 2.75) is 26.8 Å². The van der Waals surface area contributed by atoms with E-state index in [9.17, 15) is 4.79 Å². The van der Waals surface area contributed by atoms with Crippen molar-refractivity contribution in [1.29, 1.82) is 5.26 Å². The molecule has 23 heavy (non-hydrogen) atoms. The molecule has 0 aliphatic rings. The van der Waals surface area contributed by atoms with Gasteiger partial charge in [-0.1, -0.05) is 35.9 Å². The number of para-hydroxylation sites is 1. The summed E-state index contributed by atoms with van der Waals surface area (Å²) in [5.74, 6) is 0.204. The van der Waals surface area contributed by atoms with Gasteiger partial charge in [0, 0.05) is 0 Å². The first-order valence-electron chi connectivity index (χ1n) is 7.49. The van der Waals surface area contributed by atoms with Crippen LogP contribution in [-0.2, 0) is 4.79 Å². The van der Waals surface area contributed by atoms with Gasteiger partial charge in [0.25, 0.3) is 5.91 Å². The SMILES string of the molecule is Cc1ccc(C)c([C@H](C)NC(=O)COc2ccccc2C#N)c1. The first-order valence-corrected chi connectivity index (χ1v) is 7.49. The highest BCUT2D eigenvalue weighted by Gasteiger charge is 2.13. The van der Waals surface area contributed by atoms with E-state index in [-0.39, 0.29) is 18.6 Å². The third-order valence-corrected chi connectivity index (χ3v) is 3.65. The van der Waals surface area contributed by atoms with Gasteiger partial charge in [0.15, 0.2) is 6.61 Å². The van der Waals surface area contributed by atoms with Gasteiger partial charge < -0.3 is 10.1 Å². The van der Waals surface area contributed by atoms with Crippen LogP contribution in [0.2, 0.25) is 0 Å². The second-order valence-corrected chi connectivity index (χ2v) is 5.55. The van der Waals surface area contributed by atoms with Crippen LogP contribution >= 0.6 is 0 Å². The molecule has 0 aromatic heterocycles. The number of nitrogens with zero attached hydrogens (tertiary/aromatic N) is 1. The van der Waals surface area contributed by atoms with Crippen LogP contribution in [0.25, 0.3) is 0 Å². The Labute approximate surface area is 136 Å². The molecule has 0 saturated carbocycles. The number of hydrogen-bond donors (Lipinski definition) is 1. The lowest BCUT2D eigenvalue weighted by atomic mass is 10.00. The van der Waals surface area contributed by atoms with E-state index in [0.29, 0.717) is 11.3 Å². The summed E-state index contributed by atoms with van der Waals surface area (Å²) in [5, 5.41) is 11.9. The number of nitriles is 1. The summed E-state index contributed by atoms with van der Waals surface area (Å²) in [7, 11) is 0. The van der Waals surface area contributed by atoms with Crippen LogP contribution in [0.4, 0.5) is 0 Å². The number of carbonyl (C=O) groups is 1. The first kappa shape index (κ1) is 16.6. The highest BCUT2D eigenvalue weighted by molar-refractivity contribution is 5.78. The van der Waals surface area contributed by atoms with Gasteiger partial charge in [-0.2, -0.15) is 5.26 Å². The van der Waals surface area contributed by atoms with Crippen molar-refractivity contribution in [2.24, 2.45) is 0 Å². The summed E-state index contributed by atoms with van der Waals surface area (Å²) in [5.41, 5.74) is 3.81. The molecule has 1 amide bonds. The normalized spacial score (nSPS) is 11.4. The van der Waals surface area contributed by atoms with E-state index in [2.05, 4.69) is 17.4 Å². The Kier molecular flexibility index (Phi) is 5.37. The van der Waals surface area contributed by atoms with Gasteiger partial charge in [-0.05, 0) is 44.0 Å². The molecule has 0 bridgehead atoms. The highest BCUT2D eigenvalue weighted by Crippen LogP contribution is 2.19. The van der Waals surface area contributed by atoms with E-state index in [1.165, 1.54) is 0 Å². The van der Waals surface area contributed by atoms with Crippen LogP contribution in [0, 0.1) is 25.2 Å². The minimum Gasteiger partial charge on any atom is -0.482 e. The third kappa shape index (κ3) is 4.33. The van der Waals surface area contributed by atoms with Crippen molar-refractivity contribution >= 4 is 5.91 Å². The number of carbonyl (C=O) groups excluding carboxylic acids is 1. The molecular formula is C19H20N2O2. The van der Waals surface area contributed by atoms with Crippen molar-refractivity contribution in [3.05, 3.63) is 64.7 Å². The molecule has 0 saturated heterocycles. The Morgan fingerprint density at radius 3 is 2.74 bits per heavy atom. The molecule has 2 rings (SSSR count). The van der Waals surface area contributed by atoms with Gasteiger partial charge in [0.1, 0.15) is 11.8 Å². The number of benzene rings is 2. The van der Waals surface area contributed by atoms with Crippen molar-refractivity contribution in [3.63, 3.8) is 0 Å². The second kappa shape index (κ2) is 7.46. The van der Waals surface area contributed by atoms with Gasteiger partial charge in [0.2, 0.25) is 0 Å². The van der Waals surface area contributed by atoms with Crippen molar-refractivity contribution < 1.29 is 9.53 Å². The molecule has 0 aliphatic carbocycles. The quantitative estimate of drug-likeness (QED) is 0.920. The van der Waals surface area contributed by atoms with Crippen LogP contribution in [0.5, 0.6) is 5.75 Å². The molecule has 2 aromatic rings. The van der Waals surface area contributed by atoms with E-state index in [0.717, 1.165) is 16.7 Å². The largest absolute Gasteiger partial charge is 0.482 e. The van der Waals surface area contributed by atoms with Crippen LogP contribution in [0.1, 0.15) is 35.2 Å². The first-order chi connectivity index (χ1) is 11.0. The molecule has 118 valence electrons. The molecule has 4 heteroatoms. The fourth-order valence-electron chi connectivity index (χ4n) is 2.42. The van der Waals surface area contributed by atoms with Crippen LogP contribution in [0.15, 0.2) is 42.5 Å². The molecule has 0 heterocycles. The van der Waals surface area contributed by atoms with E-state index < -0.39 is 0 Å². The second-order valence-electron chi connectivity index (χ2n) is 5.55. The van der Waals surface area contributed by atoms with E-state index in [1.807, 2.05) is 32.9 Å². The maximum absolute atomic E-state index is 12.1. The van der Waals surface area contributed by atoms with Crippen LogP contribution in [-0.4, -0.2) is 12.5 Å². The smallest absolute Gasteiger partial charge is 0.258 e. The zero-order chi connectivity index (χ0) is 16.8. The molecular weight excluding hydrogens is 288 g/mol. The summed E-state index contributed by atoms with van der Waals surface area (Å²) in [6.45, 7) is 5.88. The summed E-state index contributed by atoms with van der Waals surface area (Å²) < 4.78 is 5.45. The van der Waals surface area contributed by atoms with Gasteiger partial charge in [-0.15, -0.1) is 0 Å². The Morgan fingerprint density at radius 1 is 1.26 bits per heavy atom. The Bertz CT molecular complexity index is 747. The molecule has 0 aliphatic heterocycles. The minimum atomic E-state index is -0.217. The topological polar surface area (TPSA) is 62.1 Å². The summed E-state index contributed by atoms with van der Waals surface area (Å²) in [6, 6.07) is 15.0. The lowest BCUT2D eigenvalue weighted by molar-refractivity contribution is -0.123. The minimum absolute atomic E-state index is 0.0998. The average molecular weight is 308 g/mol. The summed E-state index contributed by atoms with van der Waals surface area (Å²) in [6.07, 6.45) is 0. The molecule has 0 spiro atoms. The highest BCUT2D eigenvalue weighted by atomic mass is 16.5. The van der Waals surface area contributed by atoms with Gasteiger partial charge in [0.05, 0.1) is 11.6 Å². The summed E-state index contributed by atoms with van der Waals surface area (Å²) >= 11 is 0. The fraction of sp³-hybridized carbons (Fsp3) is 0.263. The number of amides is 1. The number of hydrogen-bond acceptors (Lipinski definition) is 3. The zero-order valence-corrected chi connectivity index (χ0v) is 13.6. The Hall–Kier alpha value is -2.80. The molecule has 1 N–H and O–H groups in total. The number of rotatable bonds is 5. The molecule has 0 radical (unpaired) electrons. The molecule has 1 atom stereocenters. The monoisotopic (exact) mass is 308 g/mol. The van der Waals surface area contributed by atoms with E-state index in [1.54, 1.807) is 24.3 Å². The van der Waals surface area contributed by atoms with Crippen molar-refractivity contribution in [2.75, 3.05) is 6.61 Å². The molecule has 2 aromatic carbocycles. The molecule has 0 fully saturated rings. The predicted octanol–water partition coefficient (Wildman–Crippen LogP) is 3.43. The van der Waals surface area contributed by atoms with Crippen molar-refractivity contribution in [3.8, 4) is 11.8 Å². The average Bonchev–Trinajstić information content (AvgIpc) is 2.55. The Morgan fingerprint density at radius 2 is 2.00 bits per heavy atom. The van der Waals surface area contributed by atoms with Gasteiger partial charge in [-0.25, -0.2) is 0 Å². The Balaban J connectivity index is 1.97. The number of aryl methyl sites for hydroxylation is 2. The predicted molar refractivity (Wildman–Crippen MR) is 89.1 cm³/mol. The van der Waals surface area contributed by atoms with Crippen LogP contribution in [0.3, 0.4) is 0 Å².